The summed E-state index contributed by atoms with van der Waals surface area (Å²) in [5.74, 6) is 2.13. The Morgan fingerprint density at radius 3 is 3.07 bits per heavy atom. The average molecular weight is 203 g/mol. The summed E-state index contributed by atoms with van der Waals surface area (Å²) in [7, 11) is 0. The molecule has 0 aromatic carbocycles. The monoisotopic (exact) mass is 203 g/mol. The minimum Gasteiger partial charge on any atom is -0.316 e. The van der Waals surface area contributed by atoms with Crippen molar-refractivity contribution in [3.63, 3.8) is 0 Å². The first-order valence-electron chi connectivity index (χ1n) is 5.21. The van der Waals surface area contributed by atoms with E-state index < -0.39 is 0 Å². The van der Waals surface area contributed by atoms with Crippen LogP contribution in [0.5, 0.6) is 0 Å². The minimum absolute atomic E-state index is 0.436. The summed E-state index contributed by atoms with van der Waals surface area (Å²) in [5.41, 5.74) is 0.874. The maximum absolute atomic E-state index is 4.24. The molecular formula is C10H13N5. The molecule has 1 atom stereocenters. The molecule has 0 saturated carbocycles. The highest BCUT2D eigenvalue weighted by molar-refractivity contribution is 5.35. The first-order valence-corrected chi connectivity index (χ1v) is 5.21. The Labute approximate surface area is 87.5 Å². The zero-order valence-corrected chi connectivity index (χ0v) is 8.59. The lowest BCUT2D eigenvalue weighted by molar-refractivity contribution is 0.294. The van der Waals surface area contributed by atoms with Crippen LogP contribution in [-0.4, -0.2) is 32.7 Å². The second-order valence-corrected chi connectivity index (χ2v) is 4.07. The molecule has 0 spiro atoms. The van der Waals surface area contributed by atoms with Gasteiger partial charge in [0.25, 0.3) is 0 Å². The predicted octanol–water partition coefficient (Wildman–Crippen LogP) is 0.447. The van der Waals surface area contributed by atoms with Gasteiger partial charge >= 0.3 is 0 Å². The molecular weight excluding hydrogens is 190 g/mol. The second kappa shape index (κ2) is 3.27. The molecule has 5 nitrogen and oxygen atoms in total. The molecule has 3 rings (SSSR count). The highest BCUT2D eigenvalue weighted by Gasteiger charge is 2.27. The third-order valence-electron chi connectivity index (χ3n) is 3.17. The van der Waals surface area contributed by atoms with Crippen LogP contribution in [-0.2, 0) is 0 Å². The lowest BCUT2D eigenvalue weighted by Crippen LogP contribution is -2.45. The van der Waals surface area contributed by atoms with E-state index in [1.165, 1.54) is 0 Å². The Hall–Kier alpha value is -1.49. The molecule has 2 aromatic rings. The first kappa shape index (κ1) is 8.79. The number of hydrogen-bond donors (Lipinski definition) is 1. The van der Waals surface area contributed by atoms with Gasteiger partial charge in [0, 0.05) is 18.2 Å². The normalized spacial score (nSPS) is 19.0. The van der Waals surface area contributed by atoms with Crippen molar-refractivity contribution in [2.24, 2.45) is 5.92 Å². The number of fused-ring (bicyclic) bond motifs is 1. The minimum atomic E-state index is 0.436. The molecule has 1 N–H and O–H groups in total. The van der Waals surface area contributed by atoms with Gasteiger partial charge in [-0.15, -0.1) is 10.2 Å². The van der Waals surface area contributed by atoms with Gasteiger partial charge in [0.2, 0.25) is 0 Å². The molecule has 0 amide bonds. The van der Waals surface area contributed by atoms with Crippen molar-refractivity contribution < 1.29 is 0 Å². The number of rotatable bonds is 2. The van der Waals surface area contributed by atoms with E-state index in [-0.39, 0.29) is 0 Å². The van der Waals surface area contributed by atoms with E-state index in [0.29, 0.717) is 11.8 Å². The molecule has 0 bridgehead atoms. The fourth-order valence-electron chi connectivity index (χ4n) is 1.95. The number of nitrogens with one attached hydrogen (secondary N) is 1. The summed E-state index contributed by atoms with van der Waals surface area (Å²) in [5, 5.41) is 11.7. The maximum atomic E-state index is 4.24. The van der Waals surface area contributed by atoms with Gasteiger partial charge in [0.15, 0.2) is 5.65 Å². The maximum Gasteiger partial charge on any atom is 0.163 e. The molecule has 1 saturated heterocycles. The topological polar surface area (TPSA) is 55.1 Å². The molecule has 3 heterocycles. The van der Waals surface area contributed by atoms with E-state index >= 15 is 0 Å². The standard InChI is InChI=1S/C10H13N5/c1-7(8-4-12-5-8)10-14-13-9-2-3-11-6-15(9)10/h2-3,6-8,12H,4-5H2,1H3. The summed E-state index contributed by atoms with van der Waals surface area (Å²) in [4.78, 5) is 4.10. The molecule has 15 heavy (non-hydrogen) atoms. The van der Waals surface area contributed by atoms with Crippen LogP contribution in [0.15, 0.2) is 18.6 Å². The first-order chi connectivity index (χ1) is 7.36. The van der Waals surface area contributed by atoms with Crippen molar-refractivity contribution in [2.75, 3.05) is 13.1 Å². The van der Waals surface area contributed by atoms with Gasteiger partial charge in [-0.1, -0.05) is 6.92 Å². The van der Waals surface area contributed by atoms with Crippen molar-refractivity contribution in [3.8, 4) is 0 Å². The van der Waals surface area contributed by atoms with Gasteiger partial charge in [0.1, 0.15) is 12.2 Å². The molecule has 78 valence electrons. The summed E-state index contributed by atoms with van der Waals surface area (Å²) < 4.78 is 1.98. The van der Waals surface area contributed by atoms with Crippen LogP contribution in [0.1, 0.15) is 18.7 Å². The Bertz CT molecular complexity index is 473. The fourth-order valence-corrected chi connectivity index (χ4v) is 1.95. The van der Waals surface area contributed by atoms with E-state index in [4.69, 9.17) is 0 Å². The predicted molar refractivity (Wildman–Crippen MR) is 55.6 cm³/mol. The Kier molecular flexibility index (Phi) is 1.92. The van der Waals surface area contributed by atoms with Crippen LogP contribution in [0.4, 0.5) is 0 Å². The van der Waals surface area contributed by atoms with E-state index in [9.17, 15) is 0 Å². The molecule has 1 fully saturated rings. The third-order valence-corrected chi connectivity index (χ3v) is 3.17. The lowest BCUT2D eigenvalue weighted by Gasteiger charge is -2.31. The van der Waals surface area contributed by atoms with Gasteiger partial charge in [-0.2, -0.15) is 0 Å². The summed E-state index contributed by atoms with van der Waals surface area (Å²) >= 11 is 0. The van der Waals surface area contributed by atoms with Gasteiger partial charge in [-0.3, -0.25) is 4.40 Å². The van der Waals surface area contributed by atoms with Crippen molar-refractivity contribution in [1.82, 2.24) is 24.9 Å². The Morgan fingerprint density at radius 1 is 1.47 bits per heavy atom. The molecule has 2 aromatic heterocycles. The van der Waals surface area contributed by atoms with Crippen molar-refractivity contribution in [3.05, 3.63) is 24.4 Å². The van der Waals surface area contributed by atoms with Crippen molar-refractivity contribution >= 4 is 5.65 Å². The second-order valence-electron chi connectivity index (χ2n) is 4.07. The van der Waals surface area contributed by atoms with Gasteiger partial charge < -0.3 is 5.32 Å². The zero-order valence-electron chi connectivity index (χ0n) is 8.59. The van der Waals surface area contributed by atoms with E-state index in [1.54, 1.807) is 12.5 Å². The number of aromatic nitrogens is 4. The summed E-state index contributed by atoms with van der Waals surface area (Å²) in [6.07, 6.45) is 3.52. The van der Waals surface area contributed by atoms with Crippen LogP contribution in [0.25, 0.3) is 5.65 Å². The van der Waals surface area contributed by atoms with Crippen molar-refractivity contribution in [1.29, 1.82) is 0 Å². The Balaban J connectivity index is 2.02. The Morgan fingerprint density at radius 2 is 2.33 bits per heavy atom. The van der Waals surface area contributed by atoms with E-state index in [2.05, 4.69) is 27.4 Å². The quantitative estimate of drug-likeness (QED) is 0.769. The van der Waals surface area contributed by atoms with Crippen LogP contribution in [0.3, 0.4) is 0 Å². The molecule has 0 radical (unpaired) electrons. The van der Waals surface area contributed by atoms with Crippen LogP contribution in [0, 0.1) is 5.92 Å². The summed E-state index contributed by atoms with van der Waals surface area (Å²) in [6, 6.07) is 1.88. The third kappa shape index (κ3) is 1.31. The smallest absolute Gasteiger partial charge is 0.163 e. The molecule has 1 unspecified atom stereocenters. The van der Waals surface area contributed by atoms with E-state index in [1.807, 2.05) is 10.5 Å². The van der Waals surface area contributed by atoms with Gasteiger partial charge in [-0.25, -0.2) is 4.98 Å². The molecule has 1 aliphatic heterocycles. The van der Waals surface area contributed by atoms with Gasteiger partial charge in [0.05, 0.1) is 0 Å². The fraction of sp³-hybridized carbons (Fsp3) is 0.500. The molecule has 5 heteroatoms. The number of hydrogen-bond acceptors (Lipinski definition) is 4. The van der Waals surface area contributed by atoms with Crippen molar-refractivity contribution in [2.45, 2.75) is 12.8 Å². The van der Waals surface area contributed by atoms with Crippen LogP contribution >= 0.6 is 0 Å². The van der Waals surface area contributed by atoms with E-state index in [0.717, 1.165) is 24.6 Å². The van der Waals surface area contributed by atoms with Crippen LogP contribution < -0.4 is 5.32 Å². The SMILES string of the molecule is CC(c1nnc2ccncn12)C1CNC1. The van der Waals surface area contributed by atoms with Crippen LogP contribution in [0.2, 0.25) is 0 Å². The largest absolute Gasteiger partial charge is 0.316 e. The number of nitrogens with zero attached hydrogens (tertiary/aromatic N) is 4. The van der Waals surface area contributed by atoms with Gasteiger partial charge in [-0.05, 0) is 19.0 Å². The highest BCUT2D eigenvalue weighted by atomic mass is 15.3. The highest BCUT2D eigenvalue weighted by Crippen LogP contribution is 2.25. The average Bonchev–Trinajstić information content (AvgIpc) is 2.58. The summed E-state index contributed by atoms with van der Waals surface area (Å²) in [6.45, 7) is 4.36. The molecule has 1 aliphatic rings. The zero-order chi connectivity index (χ0) is 10.3. The lowest BCUT2D eigenvalue weighted by atomic mass is 9.88. The molecule has 0 aliphatic carbocycles.